The van der Waals surface area contributed by atoms with Crippen LogP contribution in [0.5, 0.6) is 0 Å². The van der Waals surface area contributed by atoms with Crippen molar-refractivity contribution in [2.24, 2.45) is 5.92 Å². The molecule has 3 atom stereocenters. The van der Waals surface area contributed by atoms with E-state index in [0.717, 1.165) is 25.8 Å². The van der Waals surface area contributed by atoms with Crippen molar-refractivity contribution in [1.82, 2.24) is 4.90 Å². The van der Waals surface area contributed by atoms with E-state index in [4.69, 9.17) is 5.11 Å². The summed E-state index contributed by atoms with van der Waals surface area (Å²) in [6.07, 6.45) is 10.5. The van der Waals surface area contributed by atoms with Crippen LogP contribution < -0.4 is 0 Å². The van der Waals surface area contributed by atoms with E-state index in [1.807, 2.05) is 0 Å². The summed E-state index contributed by atoms with van der Waals surface area (Å²) in [7, 11) is 0. The monoisotopic (exact) mass is 255 g/mol. The first-order valence-corrected chi connectivity index (χ1v) is 7.86. The summed E-state index contributed by atoms with van der Waals surface area (Å²) < 4.78 is 0. The minimum atomic E-state index is -0.0674. The zero-order chi connectivity index (χ0) is 12.8. The van der Waals surface area contributed by atoms with Crippen LogP contribution in [0.2, 0.25) is 0 Å². The van der Waals surface area contributed by atoms with Crippen molar-refractivity contribution in [1.29, 1.82) is 0 Å². The van der Waals surface area contributed by atoms with Crippen LogP contribution in [0.3, 0.4) is 0 Å². The number of aliphatic hydroxyl groups excluding tert-OH is 2. The first-order valence-electron chi connectivity index (χ1n) is 7.86. The highest BCUT2D eigenvalue weighted by molar-refractivity contribution is 4.88. The molecule has 1 heterocycles. The summed E-state index contributed by atoms with van der Waals surface area (Å²) in [6.45, 7) is 2.61. The van der Waals surface area contributed by atoms with E-state index in [1.165, 1.54) is 45.1 Å². The van der Waals surface area contributed by atoms with E-state index in [1.54, 1.807) is 0 Å². The average Bonchev–Trinajstić information content (AvgIpc) is 2.40. The fourth-order valence-electron chi connectivity index (χ4n) is 3.79. The molecular weight excluding hydrogens is 226 g/mol. The molecule has 0 spiro atoms. The minimum absolute atomic E-state index is 0.0674. The number of unbranched alkanes of at least 4 members (excludes halogenated alkanes) is 1. The number of rotatable bonds is 5. The van der Waals surface area contributed by atoms with Gasteiger partial charge in [0.2, 0.25) is 0 Å². The molecule has 0 aromatic rings. The van der Waals surface area contributed by atoms with Gasteiger partial charge in [0.15, 0.2) is 0 Å². The van der Waals surface area contributed by atoms with E-state index >= 15 is 0 Å². The molecule has 3 heteroatoms. The maximum Gasteiger partial charge on any atom is 0.0583 e. The van der Waals surface area contributed by atoms with Gasteiger partial charge in [-0.05, 0) is 51.6 Å². The summed E-state index contributed by atoms with van der Waals surface area (Å²) in [5, 5.41) is 19.1. The summed E-state index contributed by atoms with van der Waals surface area (Å²) in [5.74, 6) is 0.508. The molecule has 1 aliphatic heterocycles. The zero-order valence-electron chi connectivity index (χ0n) is 11.6. The summed E-state index contributed by atoms with van der Waals surface area (Å²) >= 11 is 0. The van der Waals surface area contributed by atoms with Gasteiger partial charge in [-0.2, -0.15) is 0 Å². The molecule has 1 saturated carbocycles. The molecule has 2 aliphatic rings. The number of nitrogens with zero attached hydrogens (tertiary/aromatic N) is 1. The normalized spacial score (nSPS) is 34.7. The van der Waals surface area contributed by atoms with Crippen LogP contribution in [0.1, 0.15) is 57.8 Å². The quantitative estimate of drug-likeness (QED) is 0.740. The van der Waals surface area contributed by atoms with Gasteiger partial charge in [0, 0.05) is 18.6 Å². The maximum atomic E-state index is 10.2. The molecule has 1 saturated heterocycles. The van der Waals surface area contributed by atoms with Crippen molar-refractivity contribution >= 4 is 0 Å². The van der Waals surface area contributed by atoms with Crippen LogP contribution in [-0.4, -0.2) is 47.0 Å². The second-order valence-corrected chi connectivity index (χ2v) is 6.05. The number of likely N-dealkylation sites (tertiary alicyclic amines) is 1. The Morgan fingerprint density at radius 3 is 2.50 bits per heavy atom. The number of hydrogen-bond acceptors (Lipinski definition) is 3. The van der Waals surface area contributed by atoms with Gasteiger partial charge >= 0.3 is 0 Å². The van der Waals surface area contributed by atoms with E-state index < -0.39 is 0 Å². The Balaban J connectivity index is 1.89. The Labute approximate surface area is 111 Å². The lowest BCUT2D eigenvalue weighted by molar-refractivity contribution is -0.00628. The SMILES string of the molecule is OCCCCN1CCCCC1C1CCCCC1O. The van der Waals surface area contributed by atoms with Crippen molar-refractivity contribution in [3.8, 4) is 0 Å². The average molecular weight is 255 g/mol. The zero-order valence-corrected chi connectivity index (χ0v) is 11.6. The van der Waals surface area contributed by atoms with Gasteiger partial charge < -0.3 is 15.1 Å². The Hall–Kier alpha value is -0.120. The standard InChI is InChI=1S/C15H29NO2/c17-12-6-5-11-16-10-4-3-8-14(16)13-7-1-2-9-15(13)18/h13-15,17-18H,1-12H2. The van der Waals surface area contributed by atoms with Crippen molar-refractivity contribution < 1.29 is 10.2 Å². The van der Waals surface area contributed by atoms with E-state index in [-0.39, 0.29) is 6.10 Å². The third-order valence-corrected chi connectivity index (χ3v) is 4.79. The van der Waals surface area contributed by atoms with Crippen LogP contribution in [0.4, 0.5) is 0 Å². The Morgan fingerprint density at radius 2 is 1.72 bits per heavy atom. The van der Waals surface area contributed by atoms with Crippen LogP contribution in [0, 0.1) is 5.92 Å². The lowest BCUT2D eigenvalue weighted by atomic mass is 9.78. The molecule has 1 aliphatic carbocycles. The van der Waals surface area contributed by atoms with Crippen LogP contribution in [0.15, 0.2) is 0 Å². The van der Waals surface area contributed by atoms with Crippen molar-refractivity contribution in [2.75, 3.05) is 19.7 Å². The first-order chi connectivity index (χ1) is 8.83. The fourth-order valence-corrected chi connectivity index (χ4v) is 3.79. The molecule has 0 amide bonds. The Bertz CT molecular complexity index is 235. The van der Waals surface area contributed by atoms with E-state index in [0.29, 0.717) is 18.6 Å². The predicted molar refractivity (Wildman–Crippen MR) is 73.5 cm³/mol. The molecule has 106 valence electrons. The molecule has 2 N–H and O–H groups in total. The second kappa shape index (κ2) is 7.46. The highest BCUT2D eigenvalue weighted by atomic mass is 16.3. The van der Waals surface area contributed by atoms with Crippen LogP contribution in [0.25, 0.3) is 0 Å². The molecule has 0 aromatic heterocycles. The molecule has 3 nitrogen and oxygen atoms in total. The summed E-state index contributed by atoms with van der Waals surface area (Å²) in [5.41, 5.74) is 0. The highest BCUT2D eigenvalue weighted by Gasteiger charge is 2.35. The van der Waals surface area contributed by atoms with Gasteiger partial charge in [-0.3, -0.25) is 0 Å². The van der Waals surface area contributed by atoms with Gasteiger partial charge in [-0.15, -0.1) is 0 Å². The fraction of sp³-hybridized carbons (Fsp3) is 1.00. The van der Waals surface area contributed by atoms with Gasteiger partial charge in [-0.1, -0.05) is 19.3 Å². The highest BCUT2D eigenvalue weighted by Crippen LogP contribution is 2.34. The molecule has 3 unspecified atom stereocenters. The third kappa shape index (κ3) is 3.69. The molecule has 18 heavy (non-hydrogen) atoms. The smallest absolute Gasteiger partial charge is 0.0583 e. The van der Waals surface area contributed by atoms with Crippen molar-refractivity contribution in [2.45, 2.75) is 69.9 Å². The largest absolute Gasteiger partial charge is 0.396 e. The molecule has 2 fully saturated rings. The topological polar surface area (TPSA) is 43.7 Å². The van der Waals surface area contributed by atoms with E-state index in [9.17, 15) is 5.11 Å². The second-order valence-electron chi connectivity index (χ2n) is 6.05. The predicted octanol–water partition coefficient (Wildman–Crippen LogP) is 2.16. The van der Waals surface area contributed by atoms with Gasteiger partial charge in [0.05, 0.1) is 6.10 Å². The molecule has 2 rings (SSSR count). The van der Waals surface area contributed by atoms with Gasteiger partial charge in [0.25, 0.3) is 0 Å². The van der Waals surface area contributed by atoms with Crippen LogP contribution in [-0.2, 0) is 0 Å². The lowest BCUT2D eigenvalue weighted by Gasteiger charge is -2.43. The molecule has 0 bridgehead atoms. The maximum absolute atomic E-state index is 10.2. The lowest BCUT2D eigenvalue weighted by Crippen LogP contribution is -2.49. The van der Waals surface area contributed by atoms with Gasteiger partial charge in [0.1, 0.15) is 0 Å². The number of hydrogen-bond donors (Lipinski definition) is 2. The number of piperidine rings is 1. The number of aliphatic hydroxyl groups is 2. The third-order valence-electron chi connectivity index (χ3n) is 4.79. The first kappa shape index (κ1) is 14.3. The van der Waals surface area contributed by atoms with E-state index in [2.05, 4.69) is 4.90 Å². The minimum Gasteiger partial charge on any atom is -0.396 e. The van der Waals surface area contributed by atoms with Crippen LogP contribution >= 0.6 is 0 Å². The van der Waals surface area contributed by atoms with Crippen molar-refractivity contribution in [3.63, 3.8) is 0 Å². The Kier molecular flexibility index (Phi) is 5.93. The van der Waals surface area contributed by atoms with Crippen molar-refractivity contribution in [3.05, 3.63) is 0 Å². The molecule has 0 aromatic carbocycles. The van der Waals surface area contributed by atoms with Gasteiger partial charge in [-0.25, -0.2) is 0 Å². The summed E-state index contributed by atoms with van der Waals surface area (Å²) in [4.78, 5) is 2.60. The Morgan fingerprint density at radius 1 is 0.944 bits per heavy atom. The summed E-state index contributed by atoms with van der Waals surface area (Å²) in [6, 6.07) is 0.604. The molecule has 0 radical (unpaired) electrons. The molecular formula is C15H29NO2.